The maximum Gasteiger partial charge on any atom is 0.416 e. The first-order valence-corrected chi connectivity index (χ1v) is 8.25. The number of nitrogens with one attached hydrogen (secondary N) is 1. The van der Waals surface area contributed by atoms with Crippen LogP contribution in [0.3, 0.4) is 0 Å². The van der Waals surface area contributed by atoms with Crippen molar-refractivity contribution < 1.29 is 49.1 Å². The molecule has 13 heteroatoms. The van der Waals surface area contributed by atoms with Crippen LogP contribution in [-0.4, -0.2) is 11.7 Å². The van der Waals surface area contributed by atoms with Gasteiger partial charge in [-0.3, -0.25) is 9.59 Å². The molecule has 1 unspecified atom stereocenters. The fourth-order valence-electron chi connectivity index (χ4n) is 2.47. The molecular weight excluding hydrogens is 459 g/mol. The fourth-order valence-corrected chi connectivity index (χ4v) is 2.47. The van der Waals surface area contributed by atoms with E-state index in [0.717, 1.165) is 0 Å². The monoisotopic (exact) mass is 468 g/mol. The predicted molar refractivity (Wildman–Crippen MR) is 90.0 cm³/mol. The van der Waals surface area contributed by atoms with Gasteiger partial charge in [0, 0.05) is 11.3 Å². The SMILES string of the molecule is N#CC(C(=O)Nc1cc(C(F)(F)F)cc(C(F)(F)F)c1)C(=O)c1ccc(C(F)(F)F)cc1. The Morgan fingerprint density at radius 2 is 1.19 bits per heavy atom. The number of anilines is 1. The Bertz CT molecular complexity index is 1030. The van der Waals surface area contributed by atoms with Crippen LogP contribution in [0.4, 0.5) is 45.2 Å². The number of hydrogen-bond donors (Lipinski definition) is 1. The van der Waals surface area contributed by atoms with Gasteiger partial charge in [-0.15, -0.1) is 0 Å². The second kappa shape index (κ2) is 8.52. The van der Waals surface area contributed by atoms with E-state index in [-0.39, 0.29) is 18.2 Å². The molecule has 0 fully saturated rings. The molecule has 0 saturated heterocycles. The Balaban J connectivity index is 2.34. The minimum Gasteiger partial charge on any atom is -0.325 e. The molecule has 0 aliphatic carbocycles. The van der Waals surface area contributed by atoms with E-state index in [4.69, 9.17) is 5.26 Å². The highest BCUT2D eigenvalue weighted by atomic mass is 19.4. The normalized spacial score (nSPS) is 13.2. The number of nitriles is 1. The van der Waals surface area contributed by atoms with Crippen LogP contribution < -0.4 is 5.32 Å². The number of rotatable bonds is 4. The number of carbonyl (C=O) groups is 2. The summed E-state index contributed by atoms with van der Waals surface area (Å²) in [5, 5.41) is 10.7. The van der Waals surface area contributed by atoms with Crippen molar-refractivity contribution in [2.75, 3.05) is 5.32 Å². The van der Waals surface area contributed by atoms with Crippen LogP contribution in [0.2, 0.25) is 0 Å². The third kappa shape index (κ3) is 5.77. The lowest BCUT2D eigenvalue weighted by Gasteiger charge is -2.16. The Morgan fingerprint density at radius 1 is 0.750 bits per heavy atom. The van der Waals surface area contributed by atoms with Crippen LogP contribution in [0.25, 0.3) is 0 Å². The highest BCUT2D eigenvalue weighted by Gasteiger charge is 2.38. The van der Waals surface area contributed by atoms with Crippen molar-refractivity contribution in [3.63, 3.8) is 0 Å². The summed E-state index contributed by atoms with van der Waals surface area (Å²) in [6.45, 7) is 0. The molecule has 170 valence electrons. The van der Waals surface area contributed by atoms with Gasteiger partial charge in [0.25, 0.3) is 0 Å². The van der Waals surface area contributed by atoms with Gasteiger partial charge in [-0.1, -0.05) is 12.1 Å². The van der Waals surface area contributed by atoms with Gasteiger partial charge >= 0.3 is 18.5 Å². The van der Waals surface area contributed by atoms with Crippen molar-refractivity contribution in [3.05, 3.63) is 64.7 Å². The molecular formula is C19H9F9N2O2. The molecule has 2 aromatic rings. The van der Waals surface area contributed by atoms with Gasteiger partial charge in [-0.25, -0.2) is 0 Å². The third-order valence-corrected chi connectivity index (χ3v) is 4.01. The summed E-state index contributed by atoms with van der Waals surface area (Å²) in [6.07, 6.45) is -15.1. The zero-order chi connectivity index (χ0) is 24.5. The molecule has 0 radical (unpaired) electrons. The number of amides is 1. The molecule has 0 aliphatic heterocycles. The standard InChI is InChI=1S/C19H9F9N2O2/c20-17(21,22)10-3-1-9(2-4-10)15(31)14(8-29)16(32)30-13-6-11(18(23,24)25)5-12(7-13)19(26,27)28/h1-7,14H,(H,30,32). The van der Waals surface area contributed by atoms with Crippen molar-refractivity contribution in [2.45, 2.75) is 18.5 Å². The first kappa shape index (κ1) is 24.7. The summed E-state index contributed by atoms with van der Waals surface area (Å²) in [7, 11) is 0. The third-order valence-electron chi connectivity index (χ3n) is 4.01. The molecule has 1 amide bonds. The Morgan fingerprint density at radius 3 is 1.56 bits per heavy atom. The Kier molecular flexibility index (Phi) is 6.58. The van der Waals surface area contributed by atoms with E-state index in [1.807, 2.05) is 0 Å². The van der Waals surface area contributed by atoms with Crippen molar-refractivity contribution in [3.8, 4) is 6.07 Å². The zero-order valence-corrected chi connectivity index (χ0v) is 15.3. The first-order chi connectivity index (χ1) is 14.5. The molecule has 32 heavy (non-hydrogen) atoms. The summed E-state index contributed by atoms with van der Waals surface area (Å²) >= 11 is 0. The number of benzene rings is 2. The van der Waals surface area contributed by atoms with E-state index >= 15 is 0 Å². The van der Waals surface area contributed by atoms with E-state index in [1.54, 1.807) is 5.32 Å². The van der Waals surface area contributed by atoms with Crippen LogP contribution in [0.1, 0.15) is 27.0 Å². The van der Waals surface area contributed by atoms with Crippen molar-refractivity contribution in [1.82, 2.24) is 0 Å². The molecule has 2 rings (SSSR count). The number of Topliss-reactive ketones (excluding diaryl/α,β-unsaturated/α-hetero) is 1. The van der Waals surface area contributed by atoms with Crippen LogP contribution >= 0.6 is 0 Å². The molecule has 2 aromatic carbocycles. The maximum absolute atomic E-state index is 12.9. The Hall–Kier alpha value is -3.56. The summed E-state index contributed by atoms with van der Waals surface area (Å²) in [4.78, 5) is 24.5. The highest BCUT2D eigenvalue weighted by Crippen LogP contribution is 2.37. The summed E-state index contributed by atoms with van der Waals surface area (Å²) in [6, 6.07) is 3.73. The van der Waals surface area contributed by atoms with Crippen molar-refractivity contribution in [1.29, 1.82) is 5.26 Å². The van der Waals surface area contributed by atoms with Gasteiger partial charge in [0.05, 0.1) is 22.8 Å². The number of carbonyl (C=O) groups excluding carboxylic acids is 2. The summed E-state index contributed by atoms with van der Waals surface area (Å²) < 4.78 is 115. The predicted octanol–water partition coefficient (Wildman–Crippen LogP) is 5.70. The van der Waals surface area contributed by atoms with Gasteiger partial charge in [-0.05, 0) is 30.3 Å². The van der Waals surface area contributed by atoms with Crippen LogP contribution in [-0.2, 0) is 23.3 Å². The maximum atomic E-state index is 12.9. The molecule has 0 bridgehead atoms. The van der Waals surface area contributed by atoms with Gasteiger partial charge < -0.3 is 5.32 Å². The molecule has 0 aliphatic rings. The second-order valence-electron chi connectivity index (χ2n) is 6.29. The van der Waals surface area contributed by atoms with E-state index in [9.17, 15) is 49.1 Å². The van der Waals surface area contributed by atoms with Crippen LogP contribution in [0.5, 0.6) is 0 Å². The van der Waals surface area contributed by atoms with E-state index in [2.05, 4.69) is 0 Å². The molecule has 0 spiro atoms. The van der Waals surface area contributed by atoms with Gasteiger partial charge in [0.2, 0.25) is 5.91 Å². The lowest BCUT2D eigenvalue weighted by Crippen LogP contribution is -2.29. The molecule has 1 atom stereocenters. The van der Waals surface area contributed by atoms with Crippen molar-refractivity contribution in [2.24, 2.45) is 5.92 Å². The topological polar surface area (TPSA) is 70.0 Å². The first-order valence-electron chi connectivity index (χ1n) is 8.25. The lowest BCUT2D eigenvalue weighted by atomic mass is 9.97. The minimum absolute atomic E-state index is 0.171. The van der Waals surface area contributed by atoms with E-state index < -0.39 is 64.1 Å². The van der Waals surface area contributed by atoms with E-state index in [0.29, 0.717) is 24.3 Å². The quantitative estimate of drug-likeness (QED) is 0.355. The van der Waals surface area contributed by atoms with Crippen LogP contribution in [0.15, 0.2) is 42.5 Å². The number of hydrogen-bond acceptors (Lipinski definition) is 3. The Labute approximate surface area is 173 Å². The van der Waals surface area contributed by atoms with Gasteiger partial charge in [0.1, 0.15) is 0 Å². The number of alkyl halides is 9. The highest BCUT2D eigenvalue weighted by molar-refractivity contribution is 6.15. The average Bonchev–Trinajstić information content (AvgIpc) is 2.66. The van der Waals surface area contributed by atoms with Crippen LogP contribution in [0, 0.1) is 17.2 Å². The summed E-state index contributed by atoms with van der Waals surface area (Å²) in [5.41, 5.74) is -6.11. The smallest absolute Gasteiger partial charge is 0.325 e. The lowest BCUT2D eigenvalue weighted by molar-refractivity contribution is -0.143. The van der Waals surface area contributed by atoms with E-state index in [1.165, 1.54) is 6.07 Å². The second-order valence-corrected chi connectivity index (χ2v) is 6.29. The molecule has 1 N–H and O–H groups in total. The largest absolute Gasteiger partial charge is 0.416 e. The van der Waals surface area contributed by atoms with Gasteiger partial charge in [-0.2, -0.15) is 44.8 Å². The fraction of sp³-hybridized carbons (Fsp3) is 0.211. The molecule has 0 heterocycles. The molecule has 0 saturated carbocycles. The minimum atomic E-state index is -5.20. The molecule has 0 aromatic heterocycles. The summed E-state index contributed by atoms with van der Waals surface area (Å²) in [5.74, 6) is -5.12. The van der Waals surface area contributed by atoms with Crippen molar-refractivity contribution >= 4 is 17.4 Å². The number of nitrogens with zero attached hydrogens (tertiary/aromatic N) is 1. The molecule has 4 nitrogen and oxygen atoms in total. The van der Waals surface area contributed by atoms with Gasteiger partial charge in [0.15, 0.2) is 11.7 Å². The average molecular weight is 468 g/mol. The number of ketones is 1. The number of halogens is 9. The zero-order valence-electron chi connectivity index (χ0n) is 15.3.